The molecule has 0 aliphatic heterocycles. The van der Waals surface area contributed by atoms with Gasteiger partial charge in [0.2, 0.25) is 0 Å². The molecular formula is C13H15ClO2. The van der Waals surface area contributed by atoms with Gasteiger partial charge >= 0.3 is 0 Å². The lowest BCUT2D eigenvalue weighted by Gasteiger charge is -2.09. The van der Waals surface area contributed by atoms with E-state index in [0.717, 1.165) is 36.5 Å². The molecule has 0 heterocycles. The molecule has 0 unspecified atom stereocenters. The number of hydrogen-bond acceptors (Lipinski definition) is 2. The van der Waals surface area contributed by atoms with Crippen LogP contribution in [0.2, 0.25) is 5.02 Å². The van der Waals surface area contributed by atoms with Gasteiger partial charge in [0.25, 0.3) is 0 Å². The lowest BCUT2D eigenvalue weighted by molar-refractivity contribution is -0.107. The average molecular weight is 239 g/mol. The number of carbonyl (C=O) groups excluding carboxylic acids is 1. The van der Waals surface area contributed by atoms with Crippen LogP contribution in [0.15, 0.2) is 18.2 Å². The minimum atomic E-state index is 0.545. The van der Waals surface area contributed by atoms with Crippen LogP contribution in [0.5, 0.6) is 5.75 Å². The highest BCUT2D eigenvalue weighted by molar-refractivity contribution is 6.32. The fourth-order valence-corrected chi connectivity index (χ4v) is 1.70. The number of ether oxygens (including phenoxy) is 1. The Balaban J connectivity index is 1.99. The summed E-state index contributed by atoms with van der Waals surface area (Å²) in [5.41, 5.74) is 1.10. The third-order valence-electron chi connectivity index (χ3n) is 2.72. The van der Waals surface area contributed by atoms with Crippen molar-refractivity contribution in [1.29, 1.82) is 0 Å². The molecule has 86 valence electrons. The Morgan fingerprint density at radius 3 is 2.94 bits per heavy atom. The molecule has 0 radical (unpaired) electrons. The van der Waals surface area contributed by atoms with E-state index >= 15 is 0 Å². The lowest BCUT2D eigenvalue weighted by Crippen LogP contribution is -2.00. The second-order valence-corrected chi connectivity index (χ2v) is 4.63. The molecule has 2 rings (SSSR count). The number of hydrogen-bond donors (Lipinski definition) is 0. The number of rotatable bonds is 6. The largest absolute Gasteiger partial charge is 0.492 e. The van der Waals surface area contributed by atoms with E-state index in [-0.39, 0.29) is 0 Å². The highest BCUT2D eigenvalue weighted by Gasteiger charge is 2.22. The van der Waals surface area contributed by atoms with E-state index in [9.17, 15) is 4.79 Å². The van der Waals surface area contributed by atoms with Gasteiger partial charge in [-0.2, -0.15) is 0 Å². The Morgan fingerprint density at radius 1 is 1.44 bits per heavy atom. The summed E-state index contributed by atoms with van der Waals surface area (Å²) in [5, 5.41) is 0.649. The van der Waals surface area contributed by atoms with E-state index in [1.165, 1.54) is 12.8 Å². The monoisotopic (exact) mass is 238 g/mol. The van der Waals surface area contributed by atoms with Gasteiger partial charge in [0, 0.05) is 6.42 Å². The molecule has 0 atom stereocenters. The van der Waals surface area contributed by atoms with Gasteiger partial charge in [-0.3, -0.25) is 0 Å². The Bertz CT molecular complexity index is 372. The van der Waals surface area contributed by atoms with Crippen molar-refractivity contribution in [2.24, 2.45) is 5.92 Å². The van der Waals surface area contributed by atoms with Crippen molar-refractivity contribution in [1.82, 2.24) is 0 Å². The fraction of sp³-hybridized carbons (Fsp3) is 0.462. The fourth-order valence-electron chi connectivity index (χ4n) is 1.53. The van der Waals surface area contributed by atoms with Gasteiger partial charge in [-0.15, -0.1) is 0 Å². The molecule has 1 fully saturated rings. The highest BCUT2D eigenvalue weighted by Crippen LogP contribution is 2.32. The molecule has 2 nitrogen and oxygen atoms in total. The van der Waals surface area contributed by atoms with Crippen LogP contribution < -0.4 is 4.74 Å². The van der Waals surface area contributed by atoms with E-state index < -0.39 is 0 Å². The summed E-state index contributed by atoms with van der Waals surface area (Å²) < 4.78 is 5.66. The summed E-state index contributed by atoms with van der Waals surface area (Å²) in [4.78, 5) is 10.3. The smallest absolute Gasteiger partial charge is 0.138 e. The first-order valence-electron chi connectivity index (χ1n) is 5.64. The first-order valence-corrected chi connectivity index (χ1v) is 6.02. The summed E-state index contributed by atoms with van der Waals surface area (Å²) in [7, 11) is 0. The highest BCUT2D eigenvalue weighted by atomic mass is 35.5. The second kappa shape index (κ2) is 5.35. The maximum absolute atomic E-state index is 10.3. The molecule has 0 N–H and O–H groups in total. The van der Waals surface area contributed by atoms with Crippen LogP contribution in [0.25, 0.3) is 0 Å². The van der Waals surface area contributed by atoms with Crippen LogP contribution in [0.3, 0.4) is 0 Å². The minimum absolute atomic E-state index is 0.545. The molecule has 0 aromatic heterocycles. The normalized spacial score (nSPS) is 14.8. The Kier molecular flexibility index (Phi) is 3.83. The number of benzene rings is 1. The quantitative estimate of drug-likeness (QED) is 0.711. The molecule has 0 spiro atoms. The minimum Gasteiger partial charge on any atom is -0.492 e. The van der Waals surface area contributed by atoms with Crippen molar-refractivity contribution in [2.45, 2.75) is 25.7 Å². The van der Waals surface area contributed by atoms with Crippen molar-refractivity contribution in [3.8, 4) is 5.75 Å². The molecule has 16 heavy (non-hydrogen) atoms. The van der Waals surface area contributed by atoms with Gasteiger partial charge in [-0.1, -0.05) is 17.7 Å². The molecule has 1 saturated carbocycles. The molecule has 0 saturated heterocycles. The summed E-state index contributed by atoms with van der Waals surface area (Å²) in [6.07, 6.45) is 4.76. The molecule has 1 aliphatic rings. The molecule has 3 heteroatoms. The van der Waals surface area contributed by atoms with E-state index in [1.807, 2.05) is 18.2 Å². The first kappa shape index (κ1) is 11.5. The standard InChI is InChI=1S/C13H15ClO2/c14-12-6-5-10(2-1-7-15)8-13(12)16-9-11-3-4-11/h5-8,11H,1-4,9H2. The van der Waals surface area contributed by atoms with E-state index in [2.05, 4.69) is 0 Å². The second-order valence-electron chi connectivity index (χ2n) is 4.22. The maximum Gasteiger partial charge on any atom is 0.138 e. The summed E-state index contributed by atoms with van der Waals surface area (Å²) in [6.45, 7) is 0.761. The predicted molar refractivity (Wildman–Crippen MR) is 64.1 cm³/mol. The summed E-state index contributed by atoms with van der Waals surface area (Å²) >= 11 is 6.04. The zero-order chi connectivity index (χ0) is 11.4. The summed E-state index contributed by atoms with van der Waals surface area (Å²) in [6, 6.07) is 5.72. The third-order valence-corrected chi connectivity index (χ3v) is 3.03. The van der Waals surface area contributed by atoms with E-state index in [1.54, 1.807) is 0 Å². The third kappa shape index (κ3) is 3.24. The SMILES string of the molecule is O=CCCc1ccc(Cl)c(OCC2CC2)c1. The predicted octanol–water partition coefficient (Wildman–Crippen LogP) is 3.26. The Hall–Kier alpha value is -1.02. The molecule has 0 bridgehead atoms. The molecule has 1 aromatic carbocycles. The molecule has 1 aliphatic carbocycles. The van der Waals surface area contributed by atoms with Crippen LogP contribution in [-0.4, -0.2) is 12.9 Å². The van der Waals surface area contributed by atoms with Crippen LogP contribution in [-0.2, 0) is 11.2 Å². The van der Waals surface area contributed by atoms with Gasteiger partial charge in [0.15, 0.2) is 0 Å². The van der Waals surface area contributed by atoms with Gasteiger partial charge < -0.3 is 9.53 Å². The topological polar surface area (TPSA) is 26.3 Å². The summed E-state index contributed by atoms with van der Waals surface area (Å²) in [5.74, 6) is 1.46. The number of aryl methyl sites for hydroxylation is 1. The molecular weight excluding hydrogens is 224 g/mol. The molecule has 1 aromatic rings. The van der Waals surface area contributed by atoms with Gasteiger partial charge in [0.05, 0.1) is 11.6 Å². The lowest BCUT2D eigenvalue weighted by atomic mass is 10.1. The van der Waals surface area contributed by atoms with Crippen molar-refractivity contribution < 1.29 is 9.53 Å². The Labute approximate surface area is 101 Å². The molecule has 0 amide bonds. The number of carbonyl (C=O) groups is 1. The van der Waals surface area contributed by atoms with E-state index in [4.69, 9.17) is 16.3 Å². The zero-order valence-electron chi connectivity index (χ0n) is 9.12. The zero-order valence-corrected chi connectivity index (χ0v) is 9.87. The van der Waals surface area contributed by atoms with Gasteiger partial charge in [-0.25, -0.2) is 0 Å². The van der Waals surface area contributed by atoms with Crippen LogP contribution in [0, 0.1) is 5.92 Å². The van der Waals surface area contributed by atoms with Crippen molar-refractivity contribution >= 4 is 17.9 Å². The van der Waals surface area contributed by atoms with Gasteiger partial charge in [0.1, 0.15) is 12.0 Å². The maximum atomic E-state index is 10.3. The van der Waals surface area contributed by atoms with Crippen molar-refractivity contribution in [3.63, 3.8) is 0 Å². The van der Waals surface area contributed by atoms with E-state index in [0.29, 0.717) is 11.4 Å². The van der Waals surface area contributed by atoms with Crippen LogP contribution >= 0.6 is 11.6 Å². The van der Waals surface area contributed by atoms with Crippen molar-refractivity contribution in [2.75, 3.05) is 6.61 Å². The van der Waals surface area contributed by atoms with Gasteiger partial charge in [-0.05, 0) is 42.9 Å². The number of halogens is 1. The van der Waals surface area contributed by atoms with Crippen LogP contribution in [0.1, 0.15) is 24.8 Å². The first-order chi connectivity index (χ1) is 7.79. The van der Waals surface area contributed by atoms with Crippen LogP contribution in [0.4, 0.5) is 0 Å². The van der Waals surface area contributed by atoms with Crippen molar-refractivity contribution in [3.05, 3.63) is 28.8 Å². The average Bonchev–Trinajstić information content (AvgIpc) is 3.10. The Morgan fingerprint density at radius 2 is 2.25 bits per heavy atom. The number of aldehydes is 1.